The van der Waals surface area contributed by atoms with Gasteiger partial charge in [0.2, 0.25) is 0 Å². The van der Waals surface area contributed by atoms with Crippen molar-refractivity contribution >= 4 is 0 Å². The maximum Gasteiger partial charge on any atom is 0.0940 e. The van der Waals surface area contributed by atoms with E-state index in [4.69, 9.17) is 0 Å². The van der Waals surface area contributed by atoms with Crippen LogP contribution < -0.4 is 5.32 Å². The van der Waals surface area contributed by atoms with Gasteiger partial charge in [0.05, 0.1) is 6.10 Å². The summed E-state index contributed by atoms with van der Waals surface area (Å²) in [5.74, 6) is 0. The maximum atomic E-state index is 10.3. The number of aliphatic hydroxyl groups excluding tert-OH is 1. The van der Waals surface area contributed by atoms with E-state index >= 15 is 0 Å². The van der Waals surface area contributed by atoms with E-state index in [1.165, 1.54) is 11.1 Å². The molecule has 2 atom stereocenters. The van der Waals surface area contributed by atoms with Gasteiger partial charge in [0.15, 0.2) is 0 Å². The Morgan fingerprint density at radius 2 is 1.89 bits per heavy atom. The van der Waals surface area contributed by atoms with E-state index in [2.05, 4.69) is 50.3 Å². The van der Waals surface area contributed by atoms with Gasteiger partial charge >= 0.3 is 0 Å². The Kier molecular flexibility index (Phi) is 6.49. The molecule has 0 bridgehead atoms. The number of nitrogens with zero attached hydrogens (tertiary/aromatic N) is 1. The van der Waals surface area contributed by atoms with Gasteiger partial charge in [-0.05, 0) is 71.1 Å². The van der Waals surface area contributed by atoms with Gasteiger partial charge in [0.25, 0.3) is 0 Å². The Morgan fingerprint density at radius 1 is 1.21 bits per heavy atom. The second kappa shape index (κ2) is 7.63. The van der Waals surface area contributed by atoms with Crippen LogP contribution in [0.2, 0.25) is 0 Å². The molecule has 0 aliphatic carbocycles. The molecule has 108 valence electrons. The van der Waals surface area contributed by atoms with Crippen LogP contribution in [0.1, 0.15) is 36.1 Å². The van der Waals surface area contributed by atoms with Crippen molar-refractivity contribution in [1.82, 2.24) is 10.2 Å². The number of aliphatic hydroxyl groups is 1. The Hall–Kier alpha value is -0.900. The van der Waals surface area contributed by atoms with E-state index in [1.54, 1.807) is 0 Å². The third-order valence-electron chi connectivity index (χ3n) is 3.59. The minimum absolute atomic E-state index is 0.0734. The van der Waals surface area contributed by atoms with Crippen LogP contribution in [-0.4, -0.2) is 43.2 Å². The number of aryl methyl sites for hydroxylation is 2. The van der Waals surface area contributed by atoms with E-state index in [9.17, 15) is 5.11 Å². The van der Waals surface area contributed by atoms with E-state index < -0.39 is 6.10 Å². The zero-order chi connectivity index (χ0) is 14.4. The van der Waals surface area contributed by atoms with Gasteiger partial charge in [-0.3, -0.25) is 0 Å². The highest BCUT2D eigenvalue weighted by molar-refractivity contribution is 5.31. The molecular formula is C16H28N2O. The van der Waals surface area contributed by atoms with Crippen molar-refractivity contribution in [2.24, 2.45) is 0 Å². The lowest BCUT2D eigenvalue weighted by Crippen LogP contribution is -2.34. The molecule has 2 N–H and O–H groups in total. The molecular weight excluding hydrogens is 236 g/mol. The first-order chi connectivity index (χ1) is 8.91. The van der Waals surface area contributed by atoms with Crippen LogP contribution >= 0.6 is 0 Å². The molecule has 3 nitrogen and oxygen atoms in total. The van der Waals surface area contributed by atoms with Crippen LogP contribution in [0.15, 0.2) is 18.2 Å². The van der Waals surface area contributed by atoms with Crippen molar-refractivity contribution in [1.29, 1.82) is 0 Å². The molecule has 0 heterocycles. The molecule has 1 aromatic carbocycles. The van der Waals surface area contributed by atoms with E-state index in [-0.39, 0.29) is 6.04 Å². The third kappa shape index (κ3) is 5.31. The van der Waals surface area contributed by atoms with E-state index in [0.717, 1.165) is 25.1 Å². The molecule has 0 saturated heterocycles. The zero-order valence-corrected chi connectivity index (χ0v) is 12.9. The summed E-state index contributed by atoms with van der Waals surface area (Å²) in [7, 11) is 4.15. The van der Waals surface area contributed by atoms with Crippen LogP contribution in [0.4, 0.5) is 0 Å². The quantitative estimate of drug-likeness (QED) is 0.742. The van der Waals surface area contributed by atoms with Crippen LogP contribution in [-0.2, 0) is 0 Å². The first-order valence-electron chi connectivity index (χ1n) is 7.05. The van der Waals surface area contributed by atoms with Crippen LogP contribution in [0, 0.1) is 13.8 Å². The molecule has 19 heavy (non-hydrogen) atoms. The molecule has 1 aromatic rings. The van der Waals surface area contributed by atoms with Crippen molar-refractivity contribution in [2.45, 2.75) is 39.3 Å². The maximum absolute atomic E-state index is 10.3. The fourth-order valence-electron chi connectivity index (χ4n) is 2.07. The summed E-state index contributed by atoms with van der Waals surface area (Å²) in [6.45, 7) is 8.21. The average molecular weight is 264 g/mol. The predicted molar refractivity (Wildman–Crippen MR) is 81.5 cm³/mol. The van der Waals surface area contributed by atoms with Gasteiger partial charge in [-0.25, -0.2) is 0 Å². The van der Waals surface area contributed by atoms with Crippen molar-refractivity contribution in [3.8, 4) is 0 Å². The highest BCUT2D eigenvalue weighted by atomic mass is 16.3. The lowest BCUT2D eigenvalue weighted by molar-refractivity contribution is 0.135. The van der Waals surface area contributed by atoms with Crippen molar-refractivity contribution in [3.63, 3.8) is 0 Å². The van der Waals surface area contributed by atoms with Gasteiger partial charge in [0.1, 0.15) is 0 Å². The molecule has 0 aromatic heterocycles. The molecule has 0 aliphatic heterocycles. The van der Waals surface area contributed by atoms with Crippen molar-refractivity contribution in [2.75, 3.05) is 27.2 Å². The van der Waals surface area contributed by atoms with Crippen LogP contribution in [0.25, 0.3) is 0 Å². The summed E-state index contributed by atoms with van der Waals surface area (Å²) in [6.07, 6.45) is 0.649. The smallest absolute Gasteiger partial charge is 0.0940 e. The normalized spacial score (nSPS) is 14.7. The Balaban J connectivity index is 2.47. The molecule has 0 spiro atoms. The molecule has 3 heteroatoms. The van der Waals surface area contributed by atoms with Gasteiger partial charge < -0.3 is 15.3 Å². The fraction of sp³-hybridized carbons (Fsp3) is 0.625. The van der Waals surface area contributed by atoms with Gasteiger partial charge in [-0.1, -0.05) is 18.2 Å². The zero-order valence-electron chi connectivity index (χ0n) is 12.9. The number of nitrogens with one attached hydrogen (secondary N) is 1. The van der Waals surface area contributed by atoms with E-state index in [1.807, 2.05) is 13.0 Å². The summed E-state index contributed by atoms with van der Waals surface area (Å²) in [6, 6.07) is 6.25. The monoisotopic (exact) mass is 264 g/mol. The lowest BCUT2D eigenvalue weighted by Gasteiger charge is -2.22. The van der Waals surface area contributed by atoms with Crippen molar-refractivity contribution < 1.29 is 5.11 Å². The predicted octanol–water partition coefficient (Wildman–Crippen LogP) is 2.27. The Bertz CT molecular complexity index is 390. The van der Waals surface area contributed by atoms with E-state index in [0.29, 0.717) is 0 Å². The largest absolute Gasteiger partial charge is 0.387 e. The van der Waals surface area contributed by atoms with Crippen LogP contribution in [0.5, 0.6) is 0 Å². The number of hydrogen-bond acceptors (Lipinski definition) is 3. The minimum atomic E-state index is -0.446. The summed E-state index contributed by atoms with van der Waals surface area (Å²) >= 11 is 0. The molecule has 0 aliphatic rings. The van der Waals surface area contributed by atoms with Gasteiger partial charge in [-0.15, -0.1) is 0 Å². The SMILES string of the molecule is Cc1ccc(C(O)C(C)NCCCN(C)C)cc1C. The minimum Gasteiger partial charge on any atom is -0.387 e. The van der Waals surface area contributed by atoms with Crippen LogP contribution in [0.3, 0.4) is 0 Å². The lowest BCUT2D eigenvalue weighted by atomic mass is 9.99. The standard InChI is InChI=1S/C16H28N2O/c1-12-7-8-15(11-13(12)2)16(19)14(3)17-9-6-10-18(4)5/h7-8,11,14,16-17,19H,6,9-10H2,1-5H3. The highest BCUT2D eigenvalue weighted by Gasteiger charge is 2.15. The number of hydrogen-bond donors (Lipinski definition) is 2. The highest BCUT2D eigenvalue weighted by Crippen LogP contribution is 2.19. The number of rotatable bonds is 7. The summed E-state index contributed by atoms with van der Waals surface area (Å²) in [4.78, 5) is 2.17. The third-order valence-corrected chi connectivity index (χ3v) is 3.59. The molecule has 2 unspecified atom stereocenters. The Labute approximate surface area is 117 Å². The molecule has 1 rings (SSSR count). The fourth-order valence-corrected chi connectivity index (χ4v) is 2.07. The molecule has 0 fully saturated rings. The average Bonchev–Trinajstić information content (AvgIpc) is 2.36. The second-order valence-corrected chi connectivity index (χ2v) is 5.69. The Morgan fingerprint density at radius 3 is 2.47 bits per heavy atom. The molecule has 0 radical (unpaired) electrons. The topological polar surface area (TPSA) is 35.5 Å². The molecule has 0 saturated carbocycles. The number of benzene rings is 1. The van der Waals surface area contributed by atoms with Gasteiger partial charge in [0, 0.05) is 6.04 Å². The molecule has 0 amide bonds. The first-order valence-corrected chi connectivity index (χ1v) is 7.05. The van der Waals surface area contributed by atoms with Crippen molar-refractivity contribution in [3.05, 3.63) is 34.9 Å². The summed E-state index contributed by atoms with van der Waals surface area (Å²) in [5, 5.41) is 13.7. The summed E-state index contributed by atoms with van der Waals surface area (Å²) in [5.41, 5.74) is 3.50. The second-order valence-electron chi connectivity index (χ2n) is 5.69. The first kappa shape index (κ1) is 16.2. The summed E-state index contributed by atoms with van der Waals surface area (Å²) < 4.78 is 0. The van der Waals surface area contributed by atoms with Gasteiger partial charge in [-0.2, -0.15) is 0 Å².